The van der Waals surface area contributed by atoms with Gasteiger partial charge in [-0.25, -0.2) is 0 Å². The molecule has 3 rings (SSSR count). The van der Waals surface area contributed by atoms with Gasteiger partial charge in [0.1, 0.15) is 11.8 Å². The van der Waals surface area contributed by atoms with Gasteiger partial charge in [0.15, 0.2) is 5.11 Å². The van der Waals surface area contributed by atoms with Crippen molar-refractivity contribution in [1.29, 1.82) is 0 Å². The van der Waals surface area contributed by atoms with Gasteiger partial charge < -0.3 is 19.7 Å². The number of nitrogens with one attached hydrogen (secondary N) is 2. The van der Waals surface area contributed by atoms with E-state index >= 15 is 0 Å². The highest BCUT2D eigenvalue weighted by atomic mass is 32.1. The van der Waals surface area contributed by atoms with Crippen LogP contribution in [0, 0.1) is 0 Å². The maximum atomic E-state index is 12.6. The van der Waals surface area contributed by atoms with Crippen LogP contribution in [0.25, 0.3) is 0 Å². The molecule has 0 aromatic heterocycles. The van der Waals surface area contributed by atoms with Crippen molar-refractivity contribution in [2.24, 2.45) is 0 Å². The Kier molecular flexibility index (Phi) is 8.77. The summed E-state index contributed by atoms with van der Waals surface area (Å²) < 4.78 is 10.7. The molecule has 9 heteroatoms. The van der Waals surface area contributed by atoms with E-state index in [1.807, 2.05) is 37.3 Å². The number of piperazine rings is 1. The molecule has 0 bridgehead atoms. The number of nitrogens with zero attached hydrogens (tertiary/aromatic N) is 1. The Bertz CT molecular complexity index is 981. The van der Waals surface area contributed by atoms with Crippen LogP contribution in [0.4, 0.5) is 0 Å². The van der Waals surface area contributed by atoms with Gasteiger partial charge in [0.2, 0.25) is 5.91 Å². The molecular weight excluding hydrogens is 442 g/mol. The van der Waals surface area contributed by atoms with Gasteiger partial charge in [-0.2, -0.15) is 0 Å². The number of thiocarbonyl (C=S) groups is 1. The molecule has 1 atom stereocenters. The molecule has 0 saturated carbocycles. The summed E-state index contributed by atoms with van der Waals surface area (Å²) in [4.78, 5) is 39.0. The Morgan fingerprint density at radius 1 is 1.15 bits per heavy atom. The zero-order chi connectivity index (χ0) is 23.6. The molecule has 1 aliphatic rings. The summed E-state index contributed by atoms with van der Waals surface area (Å²) in [7, 11) is 0. The van der Waals surface area contributed by atoms with Gasteiger partial charge >= 0.3 is 5.97 Å². The molecule has 2 N–H and O–H groups in total. The average molecular weight is 470 g/mol. The van der Waals surface area contributed by atoms with E-state index in [1.165, 1.54) is 0 Å². The summed E-state index contributed by atoms with van der Waals surface area (Å²) in [5.41, 5.74) is 1.46. The number of hydrogen-bond acceptors (Lipinski definition) is 6. The number of hydrogen-bond donors (Lipinski definition) is 2. The van der Waals surface area contributed by atoms with Crippen LogP contribution in [0.2, 0.25) is 0 Å². The topological polar surface area (TPSA) is 97.0 Å². The Morgan fingerprint density at radius 3 is 2.58 bits per heavy atom. The van der Waals surface area contributed by atoms with Gasteiger partial charge in [-0.15, -0.1) is 0 Å². The zero-order valence-electron chi connectivity index (χ0n) is 18.4. The monoisotopic (exact) mass is 469 g/mol. The highest BCUT2D eigenvalue weighted by Gasteiger charge is 2.34. The Balaban J connectivity index is 1.55. The van der Waals surface area contributed by atoms with E-state index in [4.69, 9.17) is 21.7 Å². The fraction of sp³-hybridized carbons (Fsp3) is 0.333. The summed E-state index contributed by atoms with van der Waals surface area (Å²) in [5.74, 6) is -0.578. The van der Waals surface area contributed by atoms with Crippen molar-refractivity contribution in [2.45, 2.75) is 25.8 Å². The molecule has 0 aliphatic carbocycles. The van der Waals surface area contributed by atoms with Crippen molar-refractivity contribution in [3.05, 3.63) is 65.7 Å². The first-order valence-corrected chi connectivity index (χ1v) is 11.2. The third-order valence-corrected chi connectivity index (χ3v) is 5.43. The molecule has 8 nitrogen and oxygen atoms in total. The van der Waals surface area contributed by atoms with Crippen LogP contribution in [0.1, 0.15) is 29.3 Å². The average Bonchev–Trinajstić information content (AvgIpc) is 2.81. The van der Waals surface area contributed by atoms with Gasteiger partial charge in [0.25, 0.3) is 5.91 Å². The van der Waals surface area contributed by atoms with Crippen molar-refractivity contribution >= 4 is 35.1 Å². The Morgan fingerprint density at radius 2 is 1.88 bits per heavy atom. The second kappa shape index (κ2) is 12.0. The Hall–Kier alpha value is -3.46. The van der Waals surface area contributed by atoms with E-state index in [0.29, 0.717) is 37.4 Å². The highest BCUT2D eigenvalue weighted by Crippen LogP contribution is 2.14. The minimum Gasteiger partial charge on any atom is -0.494 e. The number of carbonyl (C=O) groups is 3. The molecule has 33 heavy (non-hydrogen) atoms. The predicted molar refractivity (Wildman–Crippen MR) is 127 cm³/mol. The normalized spacial score (nSPS) is 15.4. The molecular formula is C24H27N3O5S. The number of ether oxygens (including phenoxy) is 2. The molecule has 0 spiro atoms. The fourth-order valence-corrected chi connectivity index (χ4v) is 3.73. The van der Waals surface area contributed by atoms with Crippen molar-refractivity contribution < 1.29 is 23.9 Å². The lowest BCUT2D eigenvalue weighted by molar-refractivity contribution is -0.147. The van der Waals surface area contributed by atoms with Gasteiger partial charge in [0.05, 0.1) is 19.6 Å². The molecule has 1 fully saturated rings. The van der Waals surface area contributed by atoms with Crippen molar-refractivity contribution in [3.63, 3.8) is 0 Å². The quantitative estimate of drug-likeness (QED) is 0.451. The number of benzene rings is 2. The van der Waals surface area contributed by atoms with Crippen molar-refractivity contribution in [3.8, 4) is 5.75 Å². The molecule has 2 aromatic rings. The second-order valence-electron chi connectivity index (χ2n) is 7.38. The number of amides is 2. The van der Waals surface area contributed by atoms with E-state index in [2.05, 4.69) is 10.6 Å². The first kappa shape index (κ1) is 24.2. The summed E-state index contributed by atoms with van der Waals surface area (Å²) in [5, 5.41) is 5.47. The number of rotatable bonds is 8. The van der Waals surface area contributed by atoms with E-state index in [1.54, 1.807) is 29.2 Å². The smallest absolute Gasteiger partial charge is 0.308 e. The first-order chi connectivity index (χ1) is 16.0. The lowest BCUT2D eigenvalue weighted by atomic mass is 10.1. The van der Waals surface area contributed by atoms with Gasteiger partial charge in [-0.05, 0) is 49.0 Å². The van der Waals surface area contributed by atoms with Crippen LogP contribution >= 0.6 is 12.2 Å². The SMILES string of the molecule is CCOc1ccc(C(=O)NC(=S)N2CCNC(=O)C2CC(=O)OCCc2ccccc2)cc1. The summed E-state index contributed by atoms with van der Waals surface area (Å²) >= 11 is 5.39. The van der Waals surface area contributed by atoms with E-state index in [9.17, 15) is 14.4 Å². The standard InChI is InChI=1S/C24H27N3O5S/c1-2-31-19-10-8-18(9-11-19)22(29)26-24(33)27-14-13-25-23(30)20(27)16-21(28)32-15-12-17-6-4-3-5-7-17/h3-11,20H,2,12-16H2,1H3,(H,25,30)(H,26,29,33). The van der Waals surface area contributed by atoms with Crippen molar-refractivity contribution in [1.82, 2.24) is 15.5 Å². The highest BCUT2D eigenvalue weighted by molar-refractivity contribution is 7.80. The van der Waals surface area contributed by atoms with E-state index in [0.717, 1.165) is 5.56 Å². The lowest BCUT2D eigenvalue weighted by Crippen LogP contribution is -2.60. The number of carbonyl (C=O) groups excluding carboxylic acids is 3. The fourth-order valence-electron chi connectivity index (χ4n) is 3.42. The minimum atomic E-state index is -0.851. The molecule has 0 radical (unpaired) electrons. The summed E-state index contributed by atoms with van der Waals surface area (Å²) in [6, 6.07) is 15.5. The number of esters is 1. The van der Waals surface area contributed by atoms with Crippen LogP contribution in [-0.4, -0.2) is 60.1 Å². The van der Waals surface area contributed by atoms with Gasteiger partial charge in [0, 0.05) is 25.1 Å². The van der Waals surface area contributed by atoms with Crippen LogP contribution in [0.15, 0.2) is 54.6 Å². The van der Waals surface area contributed by atoms with Crippen LogP contribution in [0.5, 0.6) is 5.75 Å². The van der Waals surface area contributed by atoms with Crippen LogP contribution in [-0.2, 0) is 20.7 Å². The Labute approximate surface area is 198 Å². The first-order valence-electron chi connectivity index (χ1n) is 10.8. The third kappa shape index (κ3) is 7.01. The minimum absolute atomic E-state index is 0.0887. The molecule has 174 valence electrons. The molecule has 1 unspecified atom stereocenters. The van der Waals surface area contributed by atoms with E-state index in [-0.39, 0.29) is 24.0 Å². The molecule has 2 aromatic carbocycles. The summed E-state index contributed by atoms with van der Waals surface area (Å²) in [6.07, 6.45) is 0.420. The van der Waals surface area contributed by atoms with Crippen molar-refractivity contribution in [2.75, 3.05) is 26.3 Å². The third-order valence-electron chi connectivity index (χ3n) is 5.10. The van der Waals surface area contributed by atoms with Crippen LogP contribution in [0.3, 0.4) is 0 Å². The molecule has 1 saturated heterocycles. The second-order valence-corrected chi connectivity index (χ2v) is 7.76. The molecule has 1 aliphatic heterocycles. The maximum absolute atomic E-state index is 12.6. The molecule has 2 amide bonds. The lowest BCUT2D eigenvalue weighted by Gasteiger charge is -2.36. The van der Waals surface area contributed by atoms with Crippen LogP contribution < -0.4 is 15.4 Å². The van der Waals surface area contributed by atoms with E-state index < -0.39 is 17.9 Å². The zero-order valence-corrected chi connectivity index (χ0v) is 19.2. The molecule has 1 heterocycles. The summed E-state index contributed by atoms with van der Waals surface area (Å²) in [6.45, 7) is 3.36. The predicted octanol–water partition coefficient (Wildman–Crippen LogP) is 2.08. The van der Waals surface area contributed by atoms with Gasteiger partial charge in [-0.1, -0.05) is 30.3 Å². The van der Waals surface area contributed by atoms with Gasteiger partial charge in [-0.3, -0.25) is 19.7 Å². The largest absolute Gasteiger partial charge is 0.494 e. The maximum Gasteiger partial charge on any atom is 0.308 e.